The van der Waals surface area contributed by atoms with Gasteiger partial charge in [-0.25, -0.2) is 4.79 Å². The molecule has 0 atom stereocenters. The van der Waals surface area contributed by atoms with Crippen molar-refractivity contribution in [3.63, 3.8) is 0 Å². The molecular weight excluding hydrogens is 330 g/mol. The Balaban J connectivity index is 2.09. The third kappa shape index (κ3) is 5.55. The van der Waals surface area contributed by atoms with E-state index in [1.165, 1.54) is 0 Å². The quantitative estimate of drug-likeness (QED) is 0.705. The van der Waals surface area contributed by atoms with Gasteiger partial charge in [-0.3, -0.25) is 4.90 Å². The lowest BCUT2D eigenvalue weighted by Crippen LogP contribution is -2.28. The van der Waals surface area contributed by atoms with Crippen LogP contribution in [0.4, 0.5) is 4.79 Å². The molecule has 0 N–H and O–H groups in total. The lowest BCUT2D eigenvalue weighted by atomic mass is 10.1. The van der Waals surface area contributed by atoms with Crippen molar-refractivity contribution in [3.8, 4) is 11.5 Å². The zero-order valence-corrected chi connectivity index (χ0v) is 15.5. The smallest absolute Gasteiger partial charge is 0.413 e. The summed E-state index contributed by atoms with van der Waals surface area (Å²) in [4.78, 5) is 13.8. The number of ether oxygens (including phenoxy) is 3. The number of carbonyl (C=O) groups is 1. The Morgan fingerprint density at radius 3 is 2.42 bits per heavy atom. The second kappa shape index (κ2) is 10.1. The molecular formula is C21H25NO4. The third-order valence-electron chi connectivity index (χ3n) is 3.84. The van der Waals surface area contributed by atoms with Crippen LogP contribution in [0.5, 0.6) is 11.5 Å². The molecule has 5 heteroatoms. The van der Waals surface area contributed by atoms with Crippen molar-refractivity contribution in [2.45, 2.75) is 13.3 Å². The lowest BCUT2D eigenvalue weighted by molar-refractivity contribution is 0.123. The number of rotatable bonds is 8. The molecule has 0 unspecified atom stereocenters. The first-order valence-electron chi connectivity index (χ1n) is 8.55. The first-order chi connectivity index (χ1) is 12.7. The van der Waals surface area contributed by atoms with E-state index in [1.807, 2.05) is 54.6 Å². The van der Waals surface area contributed by atoms with Gasteiger partial charge in [-0.2, -0.15) is 0 Å². The molecule has 0 aliphatic carbocycles. The van der Waals surface area contributed by atoms with E-state index in [4.69, 9.17) is 14.2 Å². The van der Waals surface area contributed by atoms with Crippen molar-refractivity contribution in [2.24, 2.45) is 0 Å². The Bertz CT molecular complexity index is 728. The highest BCUT2D eigenvalue weighted by atomic mass is 16.6. The Kier molecular flexibility index (Phi) is 7.55. The average molecular weight is 355 g/mol. The van der Waals surface area contributed by atoms with Crippen LogP contribution in [-0.4, -0.2) is 38.4 Å². The number of methoxy groups -OCH3 is 2. The van der Waals surface area contributed by atoms with Crippen molar-refractivity contribution >= 4 is 12.2 Å². The van der Waals surface area contributed by atoms with Gasteiger partial charge in [0.25, 0.3) is 0 Å². The highest BCUT2D eigenvalue weighted by Crippen LogP contribution is 2.27. The van der Waals surface area contributed by atoms with Gasteiger partial charge in [0.1, 0.15) is 0 Å². The molecule has 0 heterocycles. The molecule has 2 rings (SSSR count). The van der Waals surface area contributed by atoms with E-state index in [1.54, 1.807) is 32.2 Å². The maximum Gasteiger partial charge on any atom is 0.413 e. The van der Waals surface area contributed by atoms with Crippen LogP contribution in [0.15, 0.2) is 54.7 Å². The Morgan fingerprint density at radius 2 is 1.77 bits per heavy atom. The summed E-state index contributed by atoms with van der Waals surface area (Å²) in [7, 11) is 3.21. The summed E-state index contributed by atoms with van der Waals surface area (Å²) in [6.45, 7) is 2.63. The summed E-state index contributed by atoms with van der Waals surface area (Å²) in [5.41, 5.74) is 2.07. The van der Waals surface area contributed by atoms with Gasteiger partial charge in [-0.05, 0) is 42.7 Å². The largest absolute Gasteiger partial charge is 0.493 e. The molecule has 0 spiro atoms. The molecule has 0 aromatic heterocycles. The first-order valence-corrected chi connectivity index (χ1v) is 8.55. The summed E-state index contributed by atoms with van der Waals surface area (Å²) in [6, 6.07) is 15.6. The fourth-order valence-corrected chi connectivity index (χ4v) is 2.46. The number of hydrogen-bond acceptors (Lipinski definition) is 4. The van der Waals surface area contributed by atoms with Crippen LogP contribution in [0.3, 0.4) is 0 Å². The monoisotopic (exact) mass is 355 g/mol. The standard InChI is InChI=1S/C21H25NO4/c1-4-26-21(23)22(14-12-17-8-6-5-7-9-17)15-13-18-10-11-19(24-2)20(16-18)25-3/h5-12,14,16H,4,13,15H2,1-3H3/b14-12+. The zero-order chi connectivity index (χ0) is 18.8. The van der Waals surface area contributed by atoms with Crippen LogP contribution in [0, 0.1) is 0 Å². The van der Waals surface area contributed by atoms with Crippen molar-refractivity contribution in [1.82, 2.24) is 4.90 Å². The van der Waals surface area contributed by atoms with E-state index in [0.29, 0.717) is 31.1 Å². The molecule has 0 fully saturated rings. The Hall–Kier alpha value is -2.95. The molecule has 0 saturated heterocycles. The molecule has 138 valence electrons. The van der Waals surface area contributed by atoms with E-state index in [9.17, 15) is 4.79 Å². The summed E-state index contributed by atoms with van der Waals surface area (Å²) in [5, 5.41) is 0. The highest BCUT2D eigenvalue weighted by molar-refractivity contribution is 5.70. The van der Waals surface area contributed by atoms with Crippen LogP contribution in [0.2, 0.25) is 0 Å². The van der Waals surface area contributed by atoms with Crippen LogP contribution < -0.4 is 9.47 Å². The van der Waals surface area contributed by atoms with Crippen LogP contribution in [0.1, 0.15) is 18.1 Å². The van der Waals surface area contributed by atoms with Gasteiger partial charge >= 0.3 is 6.09 Å². The van der Waals surface area contributed by atoms with Gasteiger partial charge in [-0.1, -0.05) is 36.4 Å². The van der Waals surface area contributed by atoms with Crippen molar-refractivity contribution in [1.29, 1.82) is 0 Å². The van der Waals surface area contributed by atoms with Crippen molar-refractivity contribution in [3.05, 3.63) is 65.9 Å². The summed E-state index contributed by atoms with van der Waals surface area (Å²) >= 11 is 0. The van der Waals surface area contributed by atoms with E-state index < -0.39 is 0 Å². The van der Waals surface area contributed by atoms with Gasteiger partial charge in [0.15, 0.2) is 11.5 Å². The fraction of sp³-hybridized carbons (Fsp3) is 0.286. The topological polar surface area (TPSA) is 48.0 Å². The Labute approximate surface area is 154 Å². The predicted molar refractivity (Wildman–Crippen MR) is 102 cm³/mol. The molecule has 0 radical (unpaired) electrons. The molecule has 1 amide bonds. The van der Waals surface area contributed by atoms with Gasteiger partial charge in [-0.15, -0.1) is 0 Å². The fourth-order valence-electron chi connectivity index (χ4n) is 2.46. The van der Waals surface area contributed by atoms with Crippen LogP contribution >= 0.6 is 0 Å². The normalized spacial score (nSPS) is 10.6. The predicted octanol–water partition coefficient (Wildman–Crippen LogP) is 4.38. The Morgan fingerprint density at radius 1 is 1.04 bits per heavy atom. The zero-order valence-electron chi connectivity index (χ0n) is 15.5. The van der Waals surface area contributed by atoms with Gasteiger partial charge < -0.3 is 14.2 Å². The molecule has 2 aromatic carbocycles. The number of amides is 1. The van der Waals surface area contributed by atoms with Crippen molar-refractivity contribution in [2.75, 3.05) is 27.4 Å². The van der Waals surface area contributed by atoms with Crippen molar-refractivity contribution < 1.29 is 19.0 Å². The minimum absolute atomic E-state index is 0.338. The van der Waals surface area contributed by atoms with E-state index in [2.05, 4.69) is 0 Å². The molecule has 0 bridgehead atoms. The van der Waals surface area contributed by atoms with Gasteiger partial charge in [0.05, 0.1) is 20.8 Å². The minimum atomic E-state index is -0.361. The maximum absolute atomic E-state index is 12.2. The minimum Gasteiger partial charge on any atom is -0.493 e. The van der Waals surface area contributed by atoms with E-state index >= 15 is 0 Å². The number of nitrogens with zero attached hydrogens (tertiary/aromatic N) is 1. The van der Waals surface area contributed by atoms with Gasteiger partial charge in [0, 0.05) is 12.7 Å². The second-order valence-electron chi connectivity index (χ2n) is 5.56. The highest BCUT2D eigenvalue weighted by Gasteiger charge is 2.12. The summed E-state index contributed by atoms with van der Waals surface area (Å²) in [6.07, 6.45) is 3.96. The van der Waals surface area contributed by atoms with Crippen LogP contribution in [-0.2, 0) is 11.2 Å². The van der Waals surface area contributed by atoms with Gasteiger partial charge in [0.2, 0.25) is 0 Å². The molecule has 2 aromatic rings. The first kappa shape index (κ1) is 19.4. The maximum atomic E-state index is 12.2. The van der Waals surface area contributed by atoms with Crippen LogP contribution in [0.25, 0.3) is 6.08 Å². The lowest BCUT2D eigenvalue weighted by Gasteiger charge is -2.18. The third-order valence-corrected chi connectivity index (χ3v) is 3.84. The summed E-state index contributed by atoms with van der Waals surface area (Å²) in [5.74, 6) is 1.36. The average Bonchev–Trinajstić information content (AvgIpc) is 2.68. The molecule has 0 aliphatic heterocycles. The molecule has 0 aliphatic rings. The van der Waals surface area contributed by atoms with E-state index in [-0.39, 0.29) is 6.09 Å². The molecule has 5 nitrogen and oxygen atoms in total. The number of hydrogen-bond donors (Lipinski definition) is 0. The number of carbonyl (C=O) groups excluding carboxylic acids is 1. The summed E-state index contributed by atoms with van der Waals surface area (Å²) < 4.78 is 15.7. The number of benzene rings is 2. The van der Waals surface area contributed by atoms with E-state index in [0.717, 1.165) is 11.1 Å². The SMILES string of the molecule is CCOC(=O)N(/C=C/c1ccccc1)CCc1ccc(OC)c(OC)c1. The molecule has 26 heavy (non-hydrogen) atoms. The second-order valence-corrected chi connectivity index (χ2v) is 5.56. The molecule has 0 saturated carbocycles.